The second kappa shape index (κ2) is 7.72. The Hall–Kier alpha value is -2.99. The van der Waals surface area contributed by atoms with E-state index in [0.29, 0.717) is 25.0 Å². The van der Waals surface area contributed by atoms with Crippen molar-refractivity contribution in [3.63, 3.8) is 0 Å². The lowest BCUT2D eigenvalue weighted by molar-refractivity contribution is 0.184. The van der Waals surface area contributed by atoms with E-state index in [2.05, 4.69) is 62.4 Å². The minimum atomic E-state index is 0.280. The van der Waals surface area contributed by atoms with Gasteiger partial charge in [-0.05, 0) is 36.1 Å². The van der Waals surface area contributed by atoms with Gasteiger partial charge in [0.2, 0.25) is 11.9 Å². The fourth-order valence-corrected chi connectivity index (χ4v) is 3.57. The molecule has 2 aromatic carbocycles. The van der Waals surface area contributed by atoms with Gasteiger partial charge in [0.05, 0.1) is 6.61 Å². The third-order valence-electron chi connectivity index (χ3n) is 4.82. The van der Waals surface area contributed by atoms with Crippen LogP contribution >= 0.6 is 0 Å². The van der Waals surface area contributed by atoms with Crippen LogP contribution in [0.4, 0.5) is 17.6 Å². The number of hydrogen-bond acceptors (Lipinski definition) is 6. The molecule has 0 fully saturated rings. The molecule has 0 radical (unpaired) electrons. The Balaban J connectivity index is 1.58. The lowest BCUT2D eigenvalue weighted by Crippen LogP contribution is -2.26. The van der Waals surface area contributed by atoms with Crippen molar-refractivity contribution in [2.75, 3.05) is 17.3 Å². The lowest BCUT2D eigenvalue weighted by atomic mass is 10.0. The summed E-state index contributed by atoms with van der Waals surface area (Å²) < 4.78 is 5.35. The summed E-state index contributed by atoms with van der Waals surface area (Å²) in [5, 5.41) is 3.29. The maximum atomic E-state index is 5.35. The number of aromatic nitrogens is 3. The minimum Gasteiger partial charge on any atom is -0.380 e. The van der Waals surface area contributed by atoms with E-state index in [9.17, 15) is 0 Å². The smallest absolute Gasteiger partial charge is 0.234 e. The van der Waals surface area contributed by atoms with Gasteiger partial charge in [0.1, 0.15) is 6.33 Å². The van der Waals surface area contributed by atoms with Crippen LogP contribution in [0.15, 0.2) is 54.9 Å². The van der Waals surface area contributed by atoms with Gasteiger partial charge in [0, 0.05) is 25.4 Å². The molecule has 6 heteroatoms. The molecule has 3 aromatic rings. The highest BCUT2D eigenvalue weighted by Gasteiger charge is 2.30. The number of fused-ring (bicyclic) bond motifs is 1. The van der Waals surface area contributed by atoms with Gasteiger partial charge in [0.15, 0.2) is 0 Å². The van der Waals surface area contributed by atoms with E-state index in [4.69, 9.17) is 4.74 Å². The molecule has 2 heterocycles. The van der Waals surface area contributed by atoms with E-state index in [0.717, 1.165) is 12.1 Å². The monoisotopic (exact) mass is 361 g/mol. The fraction of sp³-hybridized carbons (Fsp3) is 0.286. The quantitative estimate of drug-likeness (QED) is 0.722. The second-order valence-electron chi connectivity index (χ2n) is 6.72. The summed E-state index contributed by atoms with van der Waals surface area (Å²) in [4.78, 5) is 15.5. The molecule has 0 bridgehead atoms. The number of ether oxygens (including phenoxy) is 1. The third kappa shape index (κ3) is 3.61. The highest BCUT2D eigenvalue weighted by atomic mass is 16.5. The summed E-state index contributed by atoms with van der Waals surface area (Å²) in [6.45, 7) is 3.48. The molecular weight excluding hydrogens is 338 g/mol. The van der Waals surface area contributed by atoms with Crippen molar-refractivity contribution in [1.29, 1.82) is 0 Å². The highest BCUT2D eigenvalue weighted by Crippen LogP contribution is 2.38. The van der Waals surface area contributed by atoms with E-state index in [1.54, 1.807) is 13.4 Å². The van der Waals surface area contributed by atoms with Crippen LogP contribution in [0.5, 0.6) is 0 Å². The van der Waals surface area contributed by atoms with Crippen LogP contribution in [0.25, 0.3) is 0 Å². The molecule has 0 aliphatic carbocycles. The summed E-state index contributed by atoms with van der Waals surface area (Å²) in [5.74, 6) is 1.25. The highest BCUT2D eigenvalue weighted by molar-refractivity contribution is 5.69. The number of benzene rings is 2. The van der Waals surface area contributed by atoms with Crippen molar-refractivity contribution in [1.82, 2.24) is 15.0 Å². The van der Waals surface area contributed by atoms with E-state index in [-0.39, 0.29) is 6.04 Å². The Morgan fingerprint density at radius 3 is 2.78 bits per heavy atom. The summed E-state index contributed by atoms with van der Waals surface area (Å²) in [6.07, 6.45) is 2.52. The number of anilines is 3. The largest absolute Gasteiger partial charge is 0.380 e. The molecule has 27 heavy (non-hydrogen) atoms. The first-order valence-corrected chi connectivity index (χ1v) is 9.12. The normalized spacial score (nSPS) is 15.6. The summed E-state index contributed by atoms with van der Waals surface area (Å²) in [5.41, 5.74) is 4.87. The van der Waals surface area contributed by atoms with E-state index >= 15 is 0 Å². The van der Waals surface area contributed by atoms with E-state index in [1.165, 1.54) is 16.7 Å². The van der Waals surface area contributed by atoms with Gasteiger partial charge in [-0.15, -0.1) is 0 Å². The molecule has 4 rings (SSSR count). The topological polar surface area (TPSA) is 63.2 Å². The third-order valence-corrected chi connectivity index (χ3v) is 4.82. The zero-order chi connectivity index (χ0) is 18.6. The lowest BCUT2D eigenvalue weighted by Gasteiger charge is -2.22. The van der Waals surface area contributed by atoms with E-state index in [1.807, 2.05) is 18.2 Å². The molecule has 6 nitrogen and oxygen atoms in total. The van der Waals surface area contributed by atoms with Crippen LogP contribution in [0.3, 0.4) is 0 Å². The Morgan fingerprint density at radius 1 is 1.11 bits per heavy atom. The summed E-state index contributed by atoms with van der Waals surface area (Å²) in [7, 11) is 1.73. The molecule has 1 aromatic heterocycles. The van der Waals surface area contributed by atoms with Gasteiger partial charge < -0.3 is 15.0 Å². The summed E-state index contributed by atoms with van der Waals surface area (Å²) in [6, 6.07) is 16.8. The van der Waals surface area contributed by atoms with Crippen LogP contribution in [0.2, 0.25) is 0 Å². The van der Waals surface area contributed by atoms with Gasteiger partial charge in [0.25, 0.3) is 0 Å². The van der Waals surface area contributed by atoms with Crippen LogP contribution in [-0.2, 0) is 24.3 Å². The van der Waals surface area contributed by atoms with Crippen molar-refractivity contribution in [2.24, 2.45) is 0 Å². The molecule has 0 spiro atoms. The Bertz CT molecular complexity index is 915. The first kappa shape index (κ1) is 17.4. The number of rotatable bonds is 6. The molecular formula is C21H23N5O. The van der Waals surface area contributed by atoms with Gasteiger partial charge in [-0.2, -0.15) is 4.98 Å². The number of nitrogens with one attached hydrogen (secondary N) is 1. The predicted octanol–water partition coefficient (Wildman–Crippen LogP) is 3.71. The van der Waals surface area contributed by atoms with Crippen LogP contribution in [0, 0.1) is 0 Å². The van der Waals surface area contributed by atoms with Crippen LogP contribution < -0.4 is 10.2 Å². The molecule has 0 saturated carbocycles. The Labute approximate surface area is 159 Å². The number of nitrogens with zero attached hydrogens (tertiary/aromatic N) is 4. The average Bonchev–Trinajstić information content (AvgIpc) is 3.04. The standard InChI is InChI=1S/C21H23N5O/c1-15-11-18-17(13-27-2)9-6-10-19(18)26(15)21-24-14-23-20(25-21)22-12-16-7-4-3-5-8-16/h3-10,14-15H,11-13H2,1-2H3,(H,22,23,24,25). The zero-order valence-electron chi connectivity index (χ0n) is 15.6. The SMILES string of the molecule is COCc1cccc2c1CC(C)N2c1ncnc(NCc2ccccc2)n1. The number of hydrogen-bond donors (Lipinski definition) is 1. The maximum Gasteiger partial charge on any atom is 0.234 e. The van der Waals surface area contributed by atoms with Gasteiger partial charge in [-0.25, -0.2) is 9.97 Å². The molecule has 138 valence electrons. The zero-order valence-corrected chi connectivity index (χ0v) is 15.6. The second-order valence-corrected chi connectivity index (χ2v) is 6.72. The number of methoxy groups -OCH3 is 1. The first-order chi connectivity index (χ1) is 13.3. The van der Waals surface area contributed by atoms with Crippen LogP contribution in [0.1, 0.15) is 23.6 Å². The molecule has 1 aliphatic heterocycles. The van der Waals surface area contributed by atoms with Crippen molar-refractivity contribution >= 4 is 17.6 Å². The predicted molar refractivity (Wildman–Crippen MR) is 106 cm³/mol. The van der Waals surface area contributed by atoms with Crippen molar-refractivity contribution in [3.8, 4) is 0 Å². The molecule has 1 N–H and O–H groups in total. The van der Waals surface area contributed by atoms with Crippen LogP contribution in [-0.4, -0.2) is 28.1 Å². The van der Waals surface area contributed by atoms with Gasteiger partial charge >= 0.3 is 0 Å². The summed E-state index contributed by atoms with van der Waals surface area (Å²) >= 11 is 0. The molecule has 1 unspecified atom stereocenters. The van der Waals surface area contributed by atoms with E-state index < -0.39 is 0 Å². The molecule has 0 amide bonds. The molecule has 1 aliphatic rings. The van der Waals surface area contributed by atoms with Crippen molar-refractivity contribution in [3.05, 3.63) is 71.5 Å². The van der Waals surface area contributed by atoms with Crippen molar-refractivity contribution < 1.29 is 4.74 Å². The Kier molecular flexibility index (Phi) is 4.98. The van der Waals surface area contributed by atoms with Gasteiger partial charge in [-0.3, -0.25) is 0 Å². The molecule has 1 atom stereocenters. The molecule has 0 saturated heterocycles. The fourth-order valence-electron chi connectivity index (χ4n) is 3.57. The average molecular weight is 361 g/mol. The van der Waals surface area contributed by atoms with Crippen molar-refractivity contribution in [2.45, 2.75) is 32.5 Å². The maximum absolute atomic E-state index is 5.35. The van der Waals surface area contributed by atoms with Gasteiger partial charge in [-0.1, -0.05) is 42.5 Å². The first-order valence-electron chi connectivity index (χ1n) is 9.12. The Morgan fingerprint density at radius 2 is 1.96 bits per heavy atom. The minimum absolute atomic E-state index is 0.280.